The lowest BCUT2D eigenvalue weighted by Gasteiger charge is -2.32. The van der Waals surface area contributed by atoms with Crippen molar-refractivity contribution >= 4 is 35.5 Å². The van der Waals surface area contributed by atoms with Crippen LogP contribution in [0.25, 0.3) is 11.0 Å². The van der Waals surface area contributed by atoms with Crippen LogP contribution in [0.1, 0.15) is 52.9 Å². The predicted molar refractivity (Wildman–Crippen MR) is 156 cm³/mol. The van der Waals surface area contributed by atoms with E-state index in [-0.39, 0.29) is 13.2 Å². The van der Waals surface area contributed by atoms with Gasteiger partial charge in [0.1, 0.15) is 24.6 Å². The van der Waals surface area contributed by atoms with Gasteiger partial charge in [0.25, 0.3) is 0 Å². The van der Waals surface area contributed by atoms with Gasteiger partial charge in [-0.3, -0.25) is 9.59 Å². The van der Waals surface area contributed by atoms with Crippen LogP contribution < -0.4 is 24.4 Å². The van der Waals surface area contributed by atoms with Crippen LogP contribution in [-0.2, 0) is 32.1 Å². The summed E-state index contributed by atoms with van der Waals surface area (Å²) in [4.78, 5) is 23.0. The largest absolute Gasteiger partial charge is 0.498 e. The molecular weight excluding hydrogens is 539 g/mol. The van der Waals surface area contributed by atoms with Crippen LogP contribution in [-0.4, -0.2) is 30.3 Å². The standard InChI is InChI=1S/C32H33BO9/c1-20(34)38-28-13-9-7-11-26(28)36-18-22-15-23-17-24(19-37-27-12-8-10-14-29(27)39-21(2)35)40-30(23)25(16-22)33-41-31(3,4)32(5,6)42-33/h7-17H,18-19H2,1-6H3. The van der Waals surface area contributed by atoms with E-state index in [9.17, 15) is 9.59 Å². The van der Waals surface area contributed by atoms with Gasteiger partial charge in [-0.25, -0.2) is 0 Å². The minimum atomic E-state index is -0.685. The summed E-state index contributed by atoms with van der Waals surface area (Å²) in [5.41, 5.74) is 1.03. The van der Waals surface area contributed by atoms with Crippen molar-refractivity contribution in [3.8, 4) is 23.0 Å². The third-order valence-electron chi connectivity index (χ3n) is 7.23. The summed E-state index contributed by atoms with van der Waals surface area (Å²) in [6.45, 7) is 10.9. The first-order valence-electron chi connectivity index (χ1n) is 13.6. The molecule has 42 heavy (non-hydrogen) atoms. The predicted octanol–water partition coefficient (Wildman–Crippen LogP) is 5.74. The maximum Gasteiger partial charge on any atom is 0.498 e. The molecule has 3 aromatic carbocycles. The van der Waals surface area contributed by atoms with Gasteiger partial charge in [-0.2, -0.15) is 0 Å². The fourth-order valence-corrected chi connectivity index (χ4v) is 4.52. The molecule has 0 radical (unpaired) electrons. The van der Waals surface area contributed by atoms with Crippen LogP contribution in [0.2, 0.25) is 0 Å². The monoisotopic (exact) mass is 572 g/mol. The number of ether oxygens (including phenoxy) is 4. The average Bonchev–Trinajstić information content (AvgIpc) is 3.42. The highest BCUT2D eigenvalue weighted by atomic mass is 16.7. The number of hydrogen-bond donors (Lipinski definition) is 0. The lowest BCUT2D eigenvalue weighted by molar-refractivity contribution is -0.133. The first kappa shape index (κ1) is 29.2. The third kappa shape index (κ3) is 6.29. The molecular formula is C32H33BO9. The number of para-hydroxylation sites is 4. The number of furan rings is 1. The van der Waals surface area contributed by atoms with Crippen molar-refractivity contribution in [1.82, 2.24) is 0 Å². The van der Waals surface area contributed by atoms with E-state index in [1.807, 2.05) is 52.0 Å². The first-order chi connectivity index (χ1) is 19.9. The molecule has 0 bridgehead atoms. The Bertz CT molecular complexity index is 1610. The summed E-state index contributed by atoms with van der Waals surface area (Å²) in [5, 5.41) is 0.806. The summed E-state index contributed by atoms with van der Waals surface area (Å²) < 4.78 is 41.6. The third-order valence-corrected chi connectivity index (χ3v) is 7.23. The molecule has 1 saturated heterocycles. The molecule has 0 saturated carbocycles. The van der Waals surface area contributed by atoms with Crippen molar-refractivity contribution in [3.05, 3.63) is 78.1 Å². The number of hydrogen-bond acceptors (Lipinski definition) is 9. The molecule has 9 nitrogen and oxygen atoms in total. The van der Waals surface area contributed by atoms with Crippen molar-refractivity contribution in [1.29, 1.82) is 0 Å². The normalized spacial score (nSPS) is 15.4. The van der Waals surface area contributed by atoms with Gasteiger partial charge in [-0.1, -0.05) is 30.3 Å². The molecule has 2 heterocycles. The maximum absolute atomic E-state index is 11.5. The van der Waals surface area contributed by atoms with E-state index in [4.69, 9.17) is 32.7 Å². The summed E-state index contributed by atoms with van der Waals surface area (Å²) >= 11 is 0. The summed E-state index contributed by atoms with van der Waals surface area (Å²) in [6, 6.07) is 19.7. The van der Waals surface area contributed by atoms with E-state index in [0.717, 1.165) is 10.9 Å². The number of carbonyl (C=O) groups is 2. The minimum Gasteiger partial charge on any atom is -0.485 e. The van der Waals surface area contributed by atoms with Gasteiger partial charge in [0.15, 0.2) is 23.0 Å². The van der Waals surface area contributed by atoms with Crippen molar-refractivity contribution in [2.45, 2.75) is 66.0 Å². The lowest BCUT2D eigenvalue weighted by atomic mass is 9.77. The number of benzene rings is 3. The second-order valence-corrected chi connectivity index (χ2v) is 11.1. The Morgan fingerprint density at radius 3 is 1.74 bits per heavy atom. The Kier molecular flexibility index (Phi) is 8.03. The molecule has 0 aliphatic carbocycles. The Morgan fingerprint density at radius 1 is 0.714 bits per heavy atom. The lowest BCUT2D eigenvalue weighted by Crippen LogP contribution is -2.41. The molecule has 4 aromatic rings. The van der Waals surface area contributed by atoms with Crippen molar-refractivity contribution < 1.29 is 42.3 Å². The Hall–Kier alpha value is -4.28. The molecule has 0 spiro atoms. The number of carbonyl (C=O) groups excluding carboxylic acids is 2. The van der Waals surface area contributed by atoms with Gasteiger partial charge in [0.2, 0.25) is 0 Å². The van der Waals surface area contributed by atoms with Gasteiger partial charge in [0.05, 0.1) is 11.2 Å². The molecule has 5 rings (SSSR count). The molecule has 218 valence electrons. The van der Waals surface area contributed by atoms with E-state index < -0.39 is 30.3 Å². The second-order valence-electron chi connectivity index (χ2n) is 11.1. The molecule has 1 aromatic heterocycles. The highest BCUT2D eigenvalue weighted by molar-refractivity contribution is 6.64. The van der Waals surface area contributed by atoms with Crippen LogP contribution in [0.5, 0.6) is 23.0 Å². The van der Waals surface area contributed by atoms with Crippen LogP contribution in [0.4, 0.5) is 0 Å². The smallest absolute Gasteiger partial charge is 0.485 e. The molecule has 0 N–H and O–H groups in total. The fraction of sp³-hybridized carbons (Fsp3) is 0.312. The summed E-state index contributed by atoms with van der Waals surface area (Å²) in [7, 11) is -0.685. The molecule has 10 heteroatoms. The summed E-state index contributed by atoms with van der Waals surface area (Å²) in [5.74, 6) is 1.21. The van der Waals surface area contributed by atoms with Crippen LogP contribution >= 0.6 is 0 Å². The SMILES string of the molecule is CC(=O)Oc1ccccc1OCc1cc(B2OC(C)(C)C(C)(C)O2)c2oc(COc3ccccc3OC(C)=O)cc2c1. The van der Waals surface area contributed by atoms with Crippen molar-refractivity contribution in [3.63, 3.8) is 0 Å². The topological polar surface area (TPSA) is 103 Å². The van der Waals surface area contributed by atoms with Gasteiger partial charge < -0.3 is 32.7 Å². The van der Waals surface area contributed by atoms with Gasteiger partial charge >= 0.3 is 19.1 Å². The van der Waals surface area contributed by atoms with E-state index in [1.54, 1.807) is 42.5 Å². The highest BCUT2D eigenvalue weighted by Crippen LogP contribution is 2.38. The van der Waals surface area contributed by atoms with E-state index in [0.29, 0.717) is 39.8 Å². The molecule has 0 amide bonds. The molecule has 1 fully saturated rings. The average molecular weight is 572 g/mol. The second kappa shape index (κ2) is 11.5. The van der Waals surface area contributed by atoms with E-state index in [2.05, 4.69) is 0 Å². The fourth-order valence-electron chi connectivity index (χ4n) is 4.52. The zero-order chi connectivity index (χ0) is 30.1. The van der Waals surface area contributed by atoms with Crippen LogP contribution in [0.3, 0.4) is 0 Å². The quantitative estimate of drug-likeness (QED) is 0.141. The first-order valence-corrected chi connectivity index (χ1v) is 13.6. The molecule has 1 aliphatic heterocycles. The maximum atomic E-state index is 11.5. The van der Waals surface area contributed by atoms with E-state index >= 15 is 0 Å². The van der Waals surface area contributed by atoms with E-state index in [1.165, 1.54) is 13.8 Å². The van der Waals surface area contributed by atoms with Gasteiger partial charge in [-0.15, -0.1) is 0 Å². The number of rotatable bonds is 9. The number of fused-ring (bicyclic) bond motifs is 1. The van der Waals surface area contributed by atoms with Crippen LogP contribution in [0.15, 0.2) is 71.1 Å². The zero-order valence-corrected chi connectivity index (χ0v) is 24.5. The molecule has 0 unspecified atom stereocenters. The van der Waals surface area contributed by atoms with Crippen molar-refractivity contribution in [2.24, 2.45) is 0 Å². The molecule has 0 atom stereocenters. The Labute approximate surface area is 244 Å². The minimum absolute atomic E-state index is 0.0946. The van der Waals surface area contributed by atoms with Gasteiger partial charge in [-0.05, 0) is 69.7 Å². The zero-order valence-electron chi connectivity index (χ0n) is 24.5. The number of esters is 2. The molecule has 1 aliphatic rings. The van der Waals surface area contributed by atoms with Crippen molar-refractivity contribution in [2.75, 3.05) is 0 Å². The van der Waals surface area contributed by atoms with Gasteiger partial charge in [0, 0.05) is 24.7 Å². The summed E-state index contributed by atoms with van der Waals surface area (Å²) in [6.07, 6.45) is 0. The Morgan fingerprint density at radius 2 is 1.21 bits per heavy atom. The Balaban J connectivity index is 1.46. The highest BCUT2D eigenvalue weighted by Gasteiger charge is 2.52. The van der Waals surface area contributed by atoms with Crippen LogP contribution in [0, 0.1) is 0 Å².